The average Bonchev–Trinajstić information content (AvgIpc) is 2.37. The molecule has 1 N–H and O–H groups in total. The molecule has 0 spiro atoms. The van der Waals surface area contributed by atoms with Gasteiger partial charge >= 0.3 is 0 Å². The Labute approximate surface area is 117 Å². The van der Waals surface area contributed by atoms with Crippen LogP contribution in [0.15, 0.2) is 24.3 Å². The van der Waals surface area contributed by atoms with Crippen molar-refractivity contribution < 1.29 is 4.79 Å². The molecule has 0 aliphatic heterocycles. The third kappa shape index (κ3) is 4.27. The molecule has 0 radical (unpaired) electrons. The molecule has 1 unspecified atom stereocenters. The van der Waals surface area contributed by atoms with E-state index in [4.69, 9.17) is 0 Å². The Balaban J connectivity index is 2.87. The van der Waals surface area contributed by atoms with Crippen LogP contribution in [0.1, 0.15) is 44.5 Å². The molecular formula is C16H26N2O. The number of para-hydroxylation sites is 1. The van der Waals surface area contributed by atoms with Crippen molar-refractivity contribution in [3.8, 4) is 0 Å². The van der Waals surface area contributed by atoms with Gasteiger partial charge in [-0.1, -0.05) is 26.0 Å². The Morgan fingerprint density at radius 3 is 2.47 bits per heavy atom. The quantitative estimate of drug-likeness (QED) is 0.849. The Hall–Kier alpha value is -1.51. The minimum atomic E-state index is 0.0877. The van der Waals surface area contributed by atoms with Crippen molar-refractivity contribution >= 4 is 11.6 Å². The van der Waals surface area contributed by atoms with Crippen LogP contribution in [0, 0.1) is 5.92 Å². The first-order valence-electron chi connectivity index (χ1n) is 7.07. The highest BCUT2D eigenvalue weighted by Gasteiger charge is 2.20. The van der Waals surface area contributed by atoms with E-state index in [-0.39, 0.29) is 11.9 Å². The normalized spacial score (nSPS) is 12.3. The first-order chi connectivity index (χ1) is 8.97. The zero-order valence-corrected chi connectivity index (χ0v) is 12.7. The van der Waals surface area contributed by atoms with Gasteiger partial charge in [0.05, 0.1) is 5.56 Å². The lowest BCUT2D eigenvalue weighted by atomic mass is 10.0. The molecule has 0 bridgehead atoms. The molecule has 1 atom stereocenters. The van der Waals surface area contributed by atoms with Crippen molar-refractivity contribution in [3.05, 3.63) is 29.8 Å². The van der Waals surface area contributed by atoms with E-state index < -0.39 is 0 Å². The molecule has 1 aromatic rings. The lowest BCUT2D eigenvalue weighted by Crippen LogP contribution is -2.36. The maximum absolute atomic E-state index is 12.5. The molecule has 0 aromatic heterocycles. The zero-order chi connectivity index (χ0) is 14.4. The van der Waals surface area contributed by atoms with E-state index in [1.807, 2.05) is 43.1 Å². The molecule has 106 valence electrons. The standard InChI is InChI=1S/C16H26N2O/c1-6-17-15-10-8-7-9-14(15)16(19)18(5)13(4)11-12(2)3/h7-10,12-13,17H,6,11H2,1-5H3. The molecule has 3 heteroatoms. The summed E-state index contributed by atoms with van der Waals surface area (Å²) in [5.41, 5.74) is 1.67. The smallest absolute Gasteiger partial charge is 0.255 e. The molecule has 1 aromatic carbocycles. The van der Waals surface area contributed by atoms with E-state index in [1.165, 1.54) is 0 Å². The van der Waals surface area contributed by atoms with Crippen molar-refractivity contribution in [1.82, 2.24) is 4.90 Å². The maximum Gasteiger partial charge on any atom is 0.255 e. The van der Waals surface area contributed by atoms with Crippen LogP contribution >= 0.6 is 0 Å². The topological polar surface area (TPSA) is 32.3 Å². The van der Waals surface area contributed by atoms with Gasteiger partial charge in [0.15, 0.2) is 0 Å². The summed E-state index contributed by atoms with van der Waals surface area (Å²) in [5, 5.41) is 3.24. The van der Waals surface area contributed by atoms with E-state index in [9.17, 15) is 4.79 Å². The molecule has 0 aliphatic carbocycles. The lowest BCUT2D eigenvalue weighted by molar-refractivity contribution is 0.0729. The highest BCUT2D eigenvalue weighted by atomic mass is 16.2. The zero-order valence-electron chi connectivity index (χ0n) is 12.7. The second kappa shape index (κ2) is 7.17. The number of hydrogen-bond donors (Lipinski definition) is 1. The van der Waals surface area contributed by atoms with Crippen molar-refractivity contribution in [3.63, 3.8) is 0 Å². The van der Waals surface area contributed by atoms with Gasteiger partial charge in [0.25, 0.3) is 5.91 Å². The number of anilines is 1. The fraction of sp³-hybridized carbons (Fsp3) is 0.562. The van der Waals surface area contributed by atoms with Crippen LogP contribution in [0.5, 0.6) is 0 Å². The van der Waals surface area contributed by atoms with Crippen LogP contribution in [0.3, 0.4) is 0 Å². The third-order valence-electron chi connectivity index (χ3n) is 3.32. The first-order valence-corrected chi connectivity index (χ1v) is 7.07. The number of hydrogen-bond acceptors (Lipinski definition) is 2. The molecule has 0 saturated carbocycles. The second-order valence-electron chi connectivity index (χ2n) is 5.47. The predicted octanol–water partition coefficient (Wildman–Crippen LogP) is 3.63. The number of carbonyl (C=O) groups is 1. The van der Waals surface area contributed by atoms with Crippen LogP contribution in [0.2, 0.25) is 0 Å². The molecular weight excluding hydrogens is 236 g/mol. The van der Waals surface area contributed by atoms with Crippen LogP contribution in [-0.4, -0.2) is 30.4 Å². The molecule has 1 rings (SSSR count). The van der Waals surface area contributed by atoms with Crippen LogP contribution in [-0.2, 0) is 0 Å². The molecule has 0 heterocycles. The summed E-state index contributed by atoms with van der Waals surface area (Å²) in [6, 6.07) is 7.96. The summed E-state index contributed by atoms with van der Waals surface area (Å²) in [6.07, 6.45) is 1.02. The highest BCUT2D eigenvalue weighted by molar-refractivity contribution is 5.99. The van der Waals surface area contributed by atoms with Crippen molar-refractivity contribution in [1.29, 1.82) is 0 Å². The minimum Gasteiger partial charge on any atom is -0.385 e. The van der Waals surface area contributed by atoms with Gasteiger partial charge in [-0.2, -0.15) is 0 Å². The Bertz CT molecular complexity index is 415. The number of nitrogens with one attached hydrogen (secondary N) is 1. The summed E-state index contributed by atoms with van der Waals surface area (Å²) < 4.78 is 0. The first kappa shape index (κ1) is 15.5. The third-order valence-corrected chi connectivity index (χ3v) is 3.32. The fourth-order valence-electron chi connectivity index (χ4n) is 2.24. The number of carbonyl (C=O) groups excluding carboxylic acids is 1. The van der Waals surface area contributed by atoms with Gasteiger partial charge in [-0.05, 0) is 38.3 Å². The van der Waals surface area contributed by atoms with Crippen molar-refractivity contribution in [2.24, 2.45) is 5.92 Å². The van der Waals surface area contributed by atoms with Crippen LogP contribution in [0.25, 0.3) is 0 Å². The molecule has 19 heavy (non-hydrogen) atoms. The number of amides is 1. The summed E-state index contributed by atoms with van der Waals surface area (Å²) >= 11 is 0. The predicted molar refractivity (Wildman–Crippen MR) is 81.6 cm³/mol. The van der Waals surface area contributed by atoms with Gasteiger partial charge in [-0.25, -0.2) is 0 Å². The molecule has 0 fully saturated rings. The van der Waals surface area contributed by atoms with Crippen LogP contribution in [0.4, 0.5) is 5.69 Å². The van der Waals surface area contributed by atoms with Gasteiger partial charge in [0.1, 0.15) is 0 Å². The molecule has 1 amide bonds. The molecule has 0 saturated heterocycles. The van der Waals surface area contributed by atoms with E-state index in [1.54, 1.807) is 0 Å². The van der Waals surface area contributed by atoms with E-state index in [0.29, 0.717) is 5.92 Å². The number of nitrogens with zero attached hydrogens (tertiary/aromatic N) is 1. The highest BCUT2D eigenvalue weighted by Crippen LogP contribution is 2.19. The maximum atomic E-state index is 12.5. The van der Waals surface area contributed by atoms with Gasteiger partial charge in [-0.15, -0.1) is 0 Å². The minimum absolute atomic E-state index is 0.0877. The largest absolute Gasteiger partial charge is 0.385 e. The summed E-state index contributed by atoms with van der Waals surface area (Å²) in [5.74, 6) is 0.680. The monoisotopic (exact) mass is 262 g/mol. The van der Waals surface area contributed by atoms with Crippen molar-refractivity contribution in [2.45, 2.75) is 40.2 Å². The summed E-state index contributed by atoms with van der Waals surface area (Å²) in [6.45, 7) is 9.32. The fourth-order valence-corrected chi connectivity index (χ4v) is 2.24. The van der Waals surface area contributed by atoms with Gasteiger partial charge in [0, 0.05) is 25.3 Å². The molecule has 0 aliphatic rings. The lowest BCUT2D eigenvalue weighted by Gasteiger charge is -2.27. The summed E-state index contributed by atoms with van der Waals surface area (Å²) in [4.78, 5) is 14.4. The number of rotatable bonds is 6. The number of benzene rings is 1. The van der Waals surface area contributed by atoms with E-state index in [2.05, 4.69) is 26.1 Å². The Kier molecular flexibility index (Phi) is 5.87. The summed E-state index contributed by atoms with van der Waals surface area (Å²) in [7, 11) is 1.89. The van der Waals surface area contributed by atoms with Gasteiger partial charge < -0.3 is 10.2 Å². The second-order valence-corrected chi connectivity index (χ2v) is 5.47. The van der Waals surface area contributed by atoms with Gasteiger partial charge in [-0.3, -0.25) is 4.79 Å². The van der Waals surface area contributed by atoms with Gasteiger partial charge in [0.2, 0.25) is 0 Å². The van der Waals surface area contributed by atoms with E-state index in [0.717, 1.165) is 24.2 Å². The van der Waals surface area contributed by atoms with E-state index >= 15 is 0 Å². The molecule has 3 nitrogen and oxygen atoms in total. The SMILES string of the molecule is CCNc1ccccc1C(=O)N(C)C(C)CC(C)C. The average molecular weight is 262 g/mol. The van der Waals surface area contributed by atoms with Crippen molar-refractivity contribution in [2.75, 3.05) is 18.9 Å². The van der Waals surface area contributed by atoms with Crippen LogP contribution < -0.4 is 5.32 Å². The Morgan fingerprint density at radius 1 is 1.26 bits per heavy atom. The Morgan fingerprint density at radius 2 is 1.89 bits per heavy atom.